The molecule has 1 rings (SSSR count). The van der Waals surface area contributed by atoms with Gasteiger partial charge in [-0.1, -0.05) is 25.8 Å². The lowest BCUT2D eigenvalue weighted by atomic mass is 10.0. The Morgan fingerprint density at radius 3 is 2.47 bits per heavy atom. The summed E-state index contributed by atoms with van der Waals surface area (Å²) in [6, 6.07) is 4.32. The van der Waals surface area contributed by atoms with Crippen LogP contribution in [0.3, 0.4) is 0 Å². The number of unbranched alkanes of at least 4 members (excludes halogenated alkanes) is 2. The maximum absolute atomic E-state index is 12.7. The number of carbonyl (C=O) groups excluding carboxylic acids is 3. The second-order valence-corrected chi connectivity index (χ2v) is 8.99. The van der Waals surface area contributed by atoms with Crippen LogP contribution in [0.15, 0.2) is 18.2 Å². The maximum atomic E-state index is 12.7. The first kappa shape index (κ1) is 26.0. The summed E-state index contributed by atoms with van der Waals surface area (Å²) in [5, 5.41) is 16.1. The van der Waals surface area contributed by atoms with Crippen LogP contribution in [0.4, 0.5) is 4.79 Å². The monoisotopic (exact) mass is 533 g/mol. The lowest BCUT2D eigenvalue weighted by Gasteiger charge is -2.23. The van der Waals surface area contributed by atoms with Crippen LogP contribution >= 0.6 is 22.6 Å². The van der Waals surface area contributed by atoms with Crippen LogP contribution < -0.4 is 20.5 Å². The largest absolute Gasteiger partial charge is 0.546 e. The number of rotatable bonds is 11. The fourth-order valence-electron chi connectivity index (χ4n) is 2.53. The van der Waals surface area contributed by atoms with Gasteiger partial charge in [0.25, 0.3) is 0 Å². The molecule has 0 fully saturated rings. The highest BCUT2D eigenvalue weighted by Gasteiger charge is 2.24. The summed E-state index contributed by atoms with van der Waals surface area (Å²) >= 11 is 2.02. The molecule has 0 aliphatic rings. The molecular weight excluding hydrogens is 503 g/mol. The minimum atomic E-state index is -1.31. The third kappa shape index (κ3) is 10.7. The van der Waals surface area contributed by atoms with Gasteiger partial charge in [-0.3, -0.25) is 4.79 Å². The Balaban J connectivity index is 2.87. The number of hydrogen-bond donors (Lipinski definition) is 2. The average molecular weight is 533 g/mol. The molecule has 0 spiro atoms. The highest BCUT2D eigenvalue weighted by Crippen LogP contribution is 2.23. The van der Waals surface area contributed by atoms with Gasteiger partial charge >= 0.3 is 6.09 Å². The van der Waals surface area contributed by atoms with Gasteiger partial charge in [0.2, 0.25) is 5.91 Å². The van der Waals surface area contributed by atoms with Crippen LogP contribution in [0.2, 0.25) is 0 Å². The van der Waals surface area contributed by atoms with Crippen molar-refractivity contribution in [2.75, 3.05) is 13.2 Å². The number of carboxylic acid groups (broad SMARTS) is 1. The molecule has 2 amide bonds. The minimum absolute atomic E-state index is 0.246. The van der Waals surface area contributed by atoms with E-state index in [2.05, 4.69) is 17.6 Å². The molecule has 0 unspecified atom stereocenters. The molecule has 2 N–H and O–H groups in total. The molecule has 0 aromatic heterocycles. The van der Waals surface area contributed by atoms with E-state index in [4.69, 9.17) is 9.47 Å². The summed E-state index contributed by atoms with van der Waals surface area (Å²) in [6.07, 6.45) is 2.50. The Bertz CT molecular complexity index is 733. The van der Waals surface area contributed by atoms with E-state index in [9.17, 15) is 19.5 Å². The smallest absolute Gasteiger partial charge is 0.408 e. The van der Waals surface area contributed by atoms with Crippen molar-refractivity contribution < 1.29 is 29.0 Å². The topological polar surface area (TPSA) is 117 Å². The molecule has 9 heteroatoms. The SMILES string of the molecule is CCCCCNC(=O)[C@H](Cc1ccc(OCC(=O)[O-])c(I)c1)NC(=O)OC(C)(C)C. The molecule has 8 nitrogen and oxygen atoms in total. The Morgan fingerprint density at radius 2 is 1.90 bits per heavy atom. The van der Waals surface area contributed by atoms with Crippen LogP contribution in [-0.2, 0) is 20.7 Å². The van der Waals surface area contributed by atoms with Gasteiger partial charge < -0.3 is 30.0 Å². The maximum Gasteiger partial charge on any atom is 0.408 e. The fourth-order valence-corrected chi connectivity index (χ4v) is 3.27. The normalized spacial score (nSPS) is 12.0. The number of benzene rings is 1. The average Bonchev–Trinajstić information content (AvgIpc) is 2.62. The third-order valence-electron chi connectivity index (χ3n) is 3.87. The van der Waals surface area contributed by atoms with E-state index < -0.39 is 30.3 Å². The summed E-state index contributed by atoms with van der Waals surface area (Å²) in [5.74, 6) is -1.19. The molecule has 168 valence electrons. The van der Waals surface area contributed by atoms with Gasteiger partial charge in [0, 0.05) is 13.0 Å². The van der Waals surface area contributed by atoms with E-state index in [1.54, 1.807) is 39.0 Å². The number of carbonyl (C=O) groups is 3. The van der Waals surface area contributed by atoms with Crippen molar-refractivity contribution in [2.24, 2.45) is 0 Å². The second kappa shape index (κ2) is 12.6. The number of ether oxygens (including phenoxy) is 2. The van der Waals surface area contributed by atoms with Crippen molar-refractivity contribution in [3.8, 4) is 5.75 Å². The van der Waals surface area contributed by atoms with Gasteiger partial charge in [0.15, 0.2) is 0 Å². The first-order valence-electron chi connectivity index (χ1n) is 9.90. The summed E-state index contributed by atoms with van der Waals surface area (Å²) < 4.78 is 11.1. The van der Waals surface area contributed by atoms with E-state index in [-0.39, 0.29) is 12.3 Å². The predicted octanol–water partition coefficient (Wildman–Crippen LogP) is 2.16. The minimum Gasteiger partial charge on any atom is -0.546 e. The summed E-state index contributed by atoms with van der Waals surface area (Å²) in [4.78, 5) is 35.4. The highest BCUT2D eigenvalue weighted by molar-refractivity contribution is 14.1. The molecule has 0 aliphatic carbocycles. The molecule has 0 saturated carbocycles. The summed E-state index contributed by atoms with van der Waals surface area (Å²) in [6.45, 7) is 7.32. The van der Waals surface area contributed by atoms with Gasteiger partial charge in [0.05, 0.1) is 9.54 Å². The van der Waals surface area contributed by atoms with Crippen LogP contribution in [0.1, 0.15) is 52.5 Å². The quantitative estimate of drug-likeness (QED) is 0.333. The lowest BCUT2D eigenvalue weighted by Crippen LogP contribution is -2.49. The number of aliphatic carboxylic acids is 1. The number of carboxylic acids is 1. The Labute approximate surface area is 191 Å². The van der Waals surface area contributed by atoms with E-state index >= 15 is 0 Å². The molecular formula is C21H30IN2O6-. The zero-order valence-electron chi connectivity index (χ0n) is 17.9. The number of amides is 2. The molecule has 0 heterocycles. The molecule has 0 saturated heterocycles. The zero-order valence-corrected chi connectivity index (χ0v) is 20.0. The predicted molar refractivity (Wildman–Crippen MR) is 119 cm³/mol. The molecule has 0 aliphatic heterocycles. The van der Waals surface area contributed by atoms with E-state index in [0.717, 1.165) is 24.8 Å². The van der Waals surface area contributed by atoms with Gasteiger partial charge in [-0.2, -0.15) is 0 Å². The van der Waals surface area contributed by atoms with E-state index in [1.165, 1.54) is 0 Å². The summed E-state index contributed by atoms with van der Waals surface area (Å²) in [7, 11) is 0. The Hall–Kier alpha value is -2.04. The standard InChI is InChI=1S/C21H31IN2O6/c1-5-6-7-10-23-19(27)16(24-20(28)30-21(2,3)4)12-14-8-9-17(15(22)11-14)29-13-18(25)26/h8-9,11,16H,5-7,10,12-13H2,1-4H3,(H,23,27)(H,24,28)(H,25,26)/p-1/t16-/m0/s1. The Kier molecular flexibility index (Phi) is 10.9. The molecule has 30 heavy (non-hydrogen) atoms. The lowest BCUT2D eigenvalue weighted by molar-refractivity contribution is -0.307. The van der Waals surface area contributed by atoms with Crippen molar-refractivity contribution in [2.45, 2.75) is 65.0 Å². The first-order chi connectivity index (χ1) is 14.0. The van der Waals surface area contributed by atoms with Crippen molar-refractivity contribution in [1.29, 1.82) is 0 Å². The molecule has 1 aromatic carbocycles. The Morgan fingerprint density at radius 1 is 1.20 bits per heavy atom. The number of hydrogen-bond acceptors (Lipinski definition) is 6. The van der Waals surface area contributed by atoms with Crippen molar-refractivity contribution in [3.05, 3.63) is 27.3 Å². The third-order valence-corrected chi connectivity index (χ3v) is 4.71. The highest BCUT2D eigenvalue weighted by atomic mass is 127. The molecule has 0 bridgehead atoms. The van der Waals surface area contributed by atoms with Crippen molar-refractivity contribution in [3.63, 3.8) is 0 Å². The van der Waals surface area contributed by atoms with Crippen molar-refractivity contribution >= 4 is 40.6 Å². The molecule has 1 atom stereocenters. The van der Waals surface area contributed by atoms with E-state index in [0.29, 0.717) is 15.9 Å². The molecule has 1 aromatic rings. The van der Waals surface area contributed by atoms with Gasteiger partial charge in [-0.25, -0.2) is 4.79 Å². The first-order valence-corrected chi connectivity index (χ1v) is 11.0. The van der Waals surface area contributed by atoms with Gasteiger partial charge in [-0.05, 0) is 67.5 Å². The molecule has 0 radical (unpaired) electrons. The number of nitrogens with one attached hydrogen (secondary N) is 2. The zero-order chi connectivity index (χ0) is 22.7. The van der Waals surface area contributed by atoms with Crippen LogP contribution in [0, 0.1) is 3.57 Å². The van der Waals surface area contributed by atoms with Crippen LogP contribution in [-0.4, -0.2) is 42.8 Å². The summed E-state index contributed by atoms with van der Waals surface area (Å²) in [5.41, 5.74) is 0.101. The van der Waals surface area contributed by atoms with Gasteiger partial charge in [-0.15, -0.1) is 0 Å². The van der Waals surface area contributed by atoms with E-state index in [1.807, 2.05) is 22.6 Å². The van der Waals surface area contributed by atoms with Crippen LogP contribution in [0.5, 0.6) is 5.75 Å². The van der Waals surface area contributed by atoms with Crippen molar-refractivity contribution in [1.82, 2.24) is 10.6 Å². The van der Waals surface area contributed by atoms with Crippen LogP contribution in [0.25, 0.3) is 0 Å². The second-order valence-electron chi connectivity index (χ2n) is 7.83. The van der Waals surface area contributed by atoms with Gasteiger partial charge in [0.1, 0.15) is 24.0 Å². The number of alkyl carbamates (subject to hydrolysis) is 1. The fraction of sp³-hybridized carbons (Fsp3) is 0.571. The number of halogens is 1.